The van der Waals surface area contributed by atoms with Gasteiger partial charge >= 0.3 is 0 Å². The van der Waals surface area contributed by atoms with E-state index in [4.69, 9.17) is 16.2 Å². The second kappa shape index (κ2) is 7.14. The van der Waals surface area contributed by atoms with Crippen LogP contribution in [0.1, 0.15) is 15.9 Å². The normalized spacial score (nSPS) is 12.9. The van der Waals surface area contributed by atoms with Crippen molar-refractivity contribution < 1.29 is 26.2 Å². The first-order valence-corrected chi connectivity index (χ1v) is 8.41. The van der Waals surface area contributed by atoms with Crippen LogP contribution >= 0.6 is 11.6 Å². The predicted octanol–water partition coefficient (Wildman–Crippen LogP) is 0.806. The SMILES string of the molecule is Cc1ccc(C(=O)NCS(=O)OCCl)cc1S(=O)(=O)O. The molecular weight excluding hydrogens is 330 g/mol. The van der Waals surface area contributed by atoms with Gasteiger partial charge in [-0.1, -0.05) is 17.7 Å². The molecule has 10 heteroatoms. The van der Waals surface area contributed by atoms with Gasteiger partial charge in [-0.25, -0.2) is 4.21 Å². The largest absolute Gasteiger partial charge is 0.338 e. The Morgan fingerprint density at radius 1 is 1.50 bits per heavy atom. The fourth-order valence-electron chi connectivity index (χ4n) is 1.34. The van der Waals surface area contributed by atoms with Gasteiger partial charge in [0, 0.05) is 5.56 Å². The molecule has 1 rings (SSSR count). The Kier molecular flexibility index (Phi) is 6.08. The molecule has 1 atom stereocenters. The number of amides is 1. The number of aryl methyl sites for hydroxylation is 1. The van der Waals surface area contributed by atoms with E-state index in [9.17, 15) is 17.4 Å². The average Bonchev–Trinajstić information content (AvgIpc) is 2.35. The van der Waals surface area contributed by atoms with Crippen molar-refractivity contribution in [3.63, 3.8) is 0 Å². The van der Waals surface area contributed by atoms with Crippen molar-refractivity contribution >= 4 is 38.7 Å². The minimum absolute atomic E-state index is 0.00565. The number of nitrogens with one attached hydrogen (secondary N) is 1. The summed E-state index contributed by atoms with van der Waals surface area (Å²) in [4.78, 5) is 11.4. The summed E-state index contributed by atoms with van der Waals surface area (Å²) >= 11 is 3.42. The molecular formula is C10H12ClNO6S2. The van der Waals surface area contributed by atoms with Crippen molar-refractivity contribution in [3.8, 4) is 0 Å². The van der Waals surface area contributed by atoms with Crippen LogP contribution in [0.2, 0.25) is 0 Å². The summed E-state index contributed by atoms with van der Waals surface area (Å²) in [5.41, 5.74) is 0.309. The van der Waals surface area contributed by atoms with Crippen LogP contribution in [0.25, 0.3) is 0 Å². The van der Waals surface area contributed by atoms with Crippen LogP contribution in [-0.4, -0.2) is 35.0 Å². The van der Waals surface area contributed by atoms with Gasteiger partial charge in [0.25, 0.3) is 16.0 Å². The first kappa shape index (κ1) is 17.1. The fourth-order valence-corrected chi connectivity index (χ4v) is 2.82. The molecule has 0 bridgehead atoms. The van der Waals surface area contributed by atoms with Crippen LogP contribution < -0.4 is 5.32 Å². The quantitative estimate of drug-likeness (QED) is 0.585. The number of alkyl halides is 1. The summed E-state index contributed by atoms with van der Waals surface area (Å²) in [6.45, 7) is 1.48. The topological polar surface area (TPSA) is 110 Å². The Morgan fingerprint density at radius 2 is 2.15 bits per heavy atom. The van der Waals surface area contributed by atoms with Gasteiger partial charge < -0.3 is 5.32 Å². The Morgan fingerprint density at radius 3 is 2.70 bits per heavy atom. The Bertz CT molecular complexity index is 631. The van der Waals surface area contributed by atoms with Crippen LogP contribution in [0, 0.1) is 6.92 Å². The molecule has 0 aliphatic carbocycles. The predicted molar refractivity (Wildman–Crippen MR) is 73.3 cm³/mol. The third kappa shape index (κ3) is 4.84. The van der Waals surface area contributed by atoms with Crippen molar-refractivity contribution in [1.82, 2.24) is 5.32 Å². The minimum Gasteiger partial charge on any atom is -0.338 e. The molecule has 112 valence electrons. The smallest absolute Gasteiger partial charge is 0.294 e. The van der Waals surface area contributed by atoms with Crippen molar-refractivity contribution in [2.24, 2.45) is 0 Å². The lowest BCUT2D eigenvalue weighted by atomic mass is 10.1. The molecule has 7 nitrogen and oxygen atoms in total. The zero-order valence-electron chi connectivity index (χ0n) is 10.3. The molecule has 1 aromatic carbocycles. The molecule has 0 saturated carbocycles. The van der Waals surface area contributed by atoms with E-state index < -0.39 is 27.1 Å². The average molecular weight is 342 g/mol. The van der Waals surface area contributed by atoms with Crippen molar-refractivity contribution in [1.29, 1.82) is 0 Å². The second-order valence-corrected chi connectivity index (χ2v) is 6.38. The molecule has 1 unspecified atom stereocenters. The first-order chi connectivity index (χ1) is 9.25. The van der Waals surface area contributed by atoms with Gasteiger partial charge in [-0.15, -0.1) is 0 Å². The van der Waals surface area contributed by atoms with Crippen LogP contribution in [0.5, 0.6) is 0 Å². The third-order valence-electron chi connectivity index (χ3n) is 2.25. The van der Waals surface area contributed by atoms with Gasteiger partial charge in [0.1, 0.15) is 11.9 Å². The molecule has 20 heavy (non-hydrogen) atoms. The Labute approximate surface area is 123 Å². The molecule has 0 aliphatic rings. The monoisotopic (exact) mass is 341 g/mol. The molecule has 0 heterocycles. The van der Waals surface area contributed by atoms with Gasteiger partial charge in [0.2, 0.25) is 0 Å². The minimum atomic E-state index is -4.41. The molecule has 0 aromatic heterocycles. The van der Waals surface area contributed by atoms with Crippen molar-refractivity contribution in [2.75, 3.05) is 11.9 Å². The zero-order valence-corrected chi connectivity index (χ0v) is 12.7. The maximum Gasteiger partial charge on any atom is 0.294 e. The molecule has 2 N–H and O–H groups in total. The number of benzene rings is 1. The van der Waals surface area contributed by atoms with Crippen LogP contribution in [-0.2, 0) is 25.4 Å². The van der Waals surface area contributed by atoms with Gasteiger partial charge in [0.05, 0.1) is 4.90 Å². The lowest BCUT2D eigenvalue weighted by molar-refractivity contribution is 0.0959. The van der Waals surface area contributed by atoms with Crippen LogP contribution in [0.15, 0.2) is 23.1 Å². The summed E-state index contributed by atoms with van der Waals surface area (Å²) in [5.74, 6) is -0.942. The van der Waals surface area contributed by atoms with Crippen molar-refractivity contribution in [3.05, 3.63) is 29.3 Å². The third-order valence-corrected chi connectivity index (χ3v) is 4.25. The highest BCUT2D eigenvalue weighted by atomic mass is 35.5. The van der Waals surface area contributed by atoms with E-state index in [1.807, 2.05) is 0 Å². The highest BCUT2D eigenvalue weighted by molar-refractivity contribution is 7.85. The van der Waals surface area contributed by atoms with Gasteiger partial charge in [-0.3, -0.25) is 13.5 Å². The standard InChI is InChI=1S/C10H12ClNO6S2/c1-7-2-3-8(4-9(7)20(15,16)17)10(13)12-6-19(14)18-5-11/h2-4H,5-6H2,1H3,(H,12,13)(H,15,16,17). The maximum atomic E-state index is 11.7. The second-order valence-electron chi connectivity index (χ2n) is 3.64. The van der Waals surface area contributed by atoms with Crippen molar-refractivity contribution in [2.45, 2.75) is 11.8 Å². The van der Waals surface area contributed by atoms with E-state index in [2.05, 4.69) is 9.50 Å². The molecule has 0 saturated heterocycles. The molecule has 0 radical (unpaired) electrons. The van der Waals surface area contributed by atoms with Gasteiger partial charge in [0.15, 0.2) is 11.1 Å². The van der Waals surface area contributed by atoms with E-state index in [0.29, 0.717) is 5.56 Å². The number of hydrogen-bond acceptors (Lipinski definition) is 5. The number of carbonyl (C=O) groups excluding carboxylic acids is 1. The molecule has 0 aliphatic heterocycles. The summed E-state index contributed by atoms with van der Waals surface area (Å²) in [5, 5.41) is 2.28. The van der Waals surface area contributed by atoms with E-state index in [1.165, 1.54) is 19.1 Å². The fraction of sp³-hybridized carbons (Fsp3) is 0.300. The molecule has 0 spiro atoms. The molecule has 1 amide bonds. The molecule has 0 fully saturated rings. The number of hydrogen-bond donors (Lipinski definition) is 2. The van der Waals surface area contributed by atoms with Crippen LogP contribution in [0.3, 0.4) is 0 Å². The Balaban J connectivity index is 2.87. The maximum absolute atomic E-state index is 11.7. The van der Waals surface area contributed by atoms with E-state index >= 15 is 0 Å². The zero-order chi connectivity index (χ0) is 15.3. The number of carbonyl (C=O) groups is 1. The van der Waals surface area contributed by atoms with Crippen LogP contribution in [0.4, 0.5) is 0 Å². The highest BCUT2D eigenvalue weighted by Crippen LogP contribution is 2.16. The Hall–Kier alpha value is -1.00. The summed E-state index contributed by atoms with van der Waals surface area (Å²) < 4.78 is 46.9. The van der Waals surface area contributed by atoms with E-state index in [-0.39, 0.29) is 22.4 Å². The molecule has 1 aromatic rings. The summed E-state index contributed by atoms with van der Waals surface area (Å²) in [6, 6.07) is 3.51. The number of halogens is 1. The summed E-state index contributed by atoms with van der Waals surface area (Å²) in [6.07, 6.45) is 0. The van der Waals surface area contributed by atoms with E-state index in [1.54, 1.807) is 0 Å². The van der Waals surface area contributed by atoms with Gasteiger partial charge in [-0.05, 0) is 24.6 Å². The van der Waals surface area contributed by atoms with Gasteiger partial charge in [-0.2, -0.15) is 8.42 Å². The highest BCUT2D eigenvalue weighted by Gasteiger charge is 2.16. The lowest BCUT2D eigenvalue weighted by Crippen LogP contribution is -2.27. The lowest BCUT2D eigenvalue weighted by Gasteiger charge is -2.07. The first-order valence-electron chi connectivity index (χ1n) is 5.19. The summed E-state index contributed by atoms with van der Waals surface area (Å²) in [7, 11) is -4.41. The van der Waals surface area contributed by atoms with E-state index in [0.717, 1.165) is 6.07 Å². The number of rotatable bonds is 6.